The highest BCUT2D eigenvalue weighted by atomic mass is 19.1. The molecule has 2 amide bonds. The van der Waals surface area contributed by atoms with Crippen molar-refractivity contribution < 1.29 is 18.7 Å². The number of hydrogen-bond acceptors (Lipinski definition) is 3. The fraction of sp³-hybridized carbons (Fsp3) is 0.250. The average Bonchev–Trinajstić information content (AvgIpc) is 3.14. The van der Waals surface area contributed by atoms with Crippen LogP contribution in [-0.4, -0.2) is 35.8 Å². The van der Waals surface area contributed by atoms with Crippen molar-refractivity contribution in [3.8, 4) is 5.69 Å². The quantitative estimate of drug-likeness (QED) is 0.939. The Morgan fingerprint density at radius 2 is 2.13 bits per heavy atom. The Hall–Kier alpha value is -2.83. The standard InChI is InChI=1S/C16H16FN3O3/c1-11(21)18-9-13-10-20(16(22)23-13)12-4-5-15(14(17)8-12)19-6-2-3-7-19/h2-8,13H,9-10H2,1H3,(H,18,21)/t13-/m0/s1. The number of cyclic esters (lactones) is 1. The largest absolute Gasteiger partial charge is 0.442 e. The summed E-state index contributed by atoms with van der Waals surface area (Å²) < 4.78 is 21.1. The Balaban J connectivity index is 1.76. The Kier molecular flexibility index (Phi) is 4.01. The van der Waals surface area contributed by atoms with Crippen LogP contribution in [0.3, 0.4) is 0 Å². The first-order valence-corrected chi connectivity index (χ1v) is 7.20. The van der Waals surface area contributed by atoms with Gasteiger partial charge >= 0.3 is 6.09 Å². The van der Waals surface area contributed by atoms with Crippen LogP contribution < -0.4 is 10.2 Å². The minimum atomic E-state index is -0.548. The van der Waals surface area contributed by atoms with Gasteiger partial charge in [0, 0.05) is 19.3 Å². The number of nitrogens with zero attached hydrogens (tertiary/aromatic N) is 2. The molecule has 0 saturated carbocycles. The van der Waals surface area contributed by atoms with E-state index in [4.69, 9.17) is 4.74 Å². The smallest absolute Gasteiger partial charge is 0.414 e. The van der Waals surface area contributed by atoms with E-state index >= 15 is 0 Å². The molecule has 1 saturated heterocycles. The van der Waals surface area contributed by atoms with Gasteiger partial charge in [-0.3, -0.25) is 9.69 Å². The number of amides is 2. The maximum atomic E-state index is 14.3. The van der Waals surface area contributed by atoms with Crippen molar-refractivity contribution in [2.24, 2.45) is 0 Å². The lowest BCUT2D eigenvalue weighted by atomic mass is 10.2. The summed E-state index contributed by atoms with van der Waals surface area (Å²) in [6, 6.07) is 8.19. The Morgan fingerprint density at radius 1 is 1.39 bits per heavy atom. The number of benzene rings is 1. The number of hydrogen-bond donors (Lipinski definition) is 1. The minimum absolute atomic E-state index is 0.193. The van der Waals surface area contributed by atoms with Gasteiger partial charge < -0.3 is 14.6 Å². The van der Waals surface area contributed by atoms with Crippen LogP contribution >= 0.6 is 0 Å². The number of rotatable bonds is 4. The molecule has 3 rings (SSSR count). The normalized spacial score (nSPS) is 17.2. The predicted octanol–water partition coefficient (Wildman–Crippen LogP) is 2.08. The van der Waals surface area contributed by atoms with Crippen molar-refractivity contribution in [1.82, 2.24) is 9.88 Å². The molecule has 2 aromatic rings. The van der Waals surface area contributed by atoms with E-state index in [1.807, 2.05) is 0 Å². The van der Waals surface area contributed by atoms with Crippen molar-refractivity contribution >= 4 is 17.7 Å². The van der Waals surface area contributed by atoms with Crippen LogP contribution in [0.25, 0.3) is 5.69 Å². The van der Waals surface area contributed by atoms with E-state index in [9.17, 15) is 14.0 Å². The molecule has 0 radical (unpaired) electrons. The second-order valence-electron chi connectivity index (χ2n) is 5.28. The fourth-order valence-corrected chi connectivity index (χ4v) is 2.46. The van der Waals surface area contributed by atoms with Crippen LogP contribution in [-0.2, 0) is 9.53 Å². The molecule has 1 aromatic heterocycles. The molecule has 1 aliphatic heterocycles. The summed E-state index contributed by atoms with van der Waals surface area (Å²) in [6.45, 7) is 1.90. The second kappa shape index (κ2) is 6.12. The van der Waals surface area contributed by atoms with Gasteiger partial charge in [0.15, 0.2) is 0 Å². The number of carbonyl (C=O) groups excluding carboxylic acids is 2. The van der Waals surface area contributed by atoms with Gasteiger partial charge in [-0.25, -0.2) is 9.18 Å². The molecule has 1 fully saturated rings. The molecule has 23 heavy (non-hydrogen) atoms. The maximum Gasteiger partial charge on any atom is 0.414 e. The Morgan fingerprint density at radius 3 is 2.78 bits per heavy atom. The number of aromatic nitrogens is 1. The number of nitrogens with one attached hydrogen (secondary N) is 1. The highest BCUT2D eigenvalue weighted by Gasteiger charge is 2.32. The van der Waals surface area contributed by atoms with E-state index in [0.29, 0.717) is 11.4 Å². The molecule has 1 atom stereocenters. The van der Waals surface area contributed by atoms with E-state index in [0.717, 1.165) is 0 Å². The topological polar surface area (TPSA) is 63.6 Å². The third-order valence-electron chi connectivity index (χ3n) is 3.58. The third kappa shape index (κ3) is 3.18. The lowest BCUT2D eigenvalue weighted by Crippen LogP contribution is -2.33. The zero-order chi connectivity index (χ0) is 16.4. The molecule has 1 aromatic carbocycles. The van der Waals surface area contributed by atoms with Crippen molar-refractivity contribution in [2.45, 2.75) is 13.0 Å². The summed E-state index contributed by atoms with van der Waals surface area (Å²) >= 11 is 0. The Bertz CT molecular complexity index is 730. The SMILES string of the molecule is CC(=O)NC[C@H]1CN(c2ccc(-n3cccc3)c(F)c2)C(=O)O1. The van der Waals surface area contributed by atoms with Crippen LogP contribution in [0.4, 0.5) is 14.9 Å². The lowest BCUT2D eigenvalue weighted by molar-refractivity contribution is -0.119. The highest BCUT2D eigenvalue weighted by Crippen LogP contribution is 2.25. The molecule has 1 aliphatic rings. The maximum absolute atomic E-state index is 14.3. The summed E-state index contributed by atoms with van der Waals surface area (Å²) in [5, 5.41) is 2.60. The third-order valence-corrected chi connectivity index (χ3v) is 3.58. The van der Waals surface area contributed by atoms with E-state index in [-0.39, 0.29) is 19.0 Å². The highest BCUT2D eigenvalue weighted by molar-refractivity contribution is 5.90. The minimum Gasteiger partial charge on any atom is -0.442 e. The Labute approximate surface area is 132 Å². The summed E-state index contributed by atoms with van der Waals surface area (Å²) in [6.07, 6.45) is 2.49. The van der Waals surface area contributed by atoms with Crippen molar-refractivity contribution in [1.29, 1.82) is 0 Å². The molecular weight excluding hydrogens is 301 g/mol. The lowest BCUT2D eigenvalue weighted by Gasteiger charge is -2.14. The summed E-state index contributed by atoms with van der Waals surface area (Å²) in [4.78, 5) is 24.2. The van der Waals surface area contributed by atoms with Gasteiger partial charge in [0.1, 0.15) is 11.9 Å². The van der Waals surface area contributed by atoms with Crippen LogP contribution in [0.2, 0.25) is 0 Å². The van der Waals surface area contributed by atoms with Gasteiger partial charge in [-0.05, 0) is 30.3 Å². The number of ether oxygens (including phenoxy) is 1. The summed E-state index contributed by atoms with van der Waals surface area (Å²) in [5.74, 6) is -0.626. The molecule has 120 valence electrons. The van der Waals surface area contributed by atoms with Crippen molar-refractivity contribution in [3.63, 3.8) is 0 Å². The number of anilines is 1. The van der Waals surface area contributed by atoms with Crippen molar-refractivity contribution in [3.05, 3.63) is 48.5 Å². The second-order valence-corrected chi connectivity index (χ2v) is 5.28. The van der Waals surface area contributed by atoms with Gasteiger partial charge in [0.2, 0.25) is 5.91 Å². The molecule has 7 heteroatoms. The molecule has 1 N–H and O–H groups in total. The number of halogens is 1. The van der Waals surface area contributed by atoms with E-state index in [2.05, 4.69) is 5.32 Å². The van der Waals surface area contributed by atoms with Gasteiger partial charge in [0.05, 0.1) is 24.5 Å². The summed E-state index contributed by atoms with van der Waals surface area (Å²) in [7, 11) is 0. The van der Waals surface area contributed by atoms with Crippen LogP contribution in [0, 0.1) is 5.82 Å². The van der Waals surface area contributed by atoms with Crippen LogP contribution in [0.5, 0.6) is 0 Å². The van der Waals surface area contributed by atoms with Gasteiger partial charge in [0.25, 0.3) is 0 Å². The molecule has 6 nitrogen and oxygen atoms in total. The van der Waals surface area contributed by atoms with Gasteiger partial charge in [-0.15, -0.1) is 0 Å². The van der Waals surface area contributed by atoms with Crippen molar-refractivity contribution in [2.75, 3.05) is 18.0 Å². The fourth-order valence-electron chi connectivity index (χ4n) is 2.46. The van der Waals surface area contributed by atoms with E-state index in [1.54, 1.807) is 41.2 Å². The average molecular weight is 317 g/mol. The molecular formula is C16H16FN3O3. The first-order valence-electron chi connectivity index (χ1n) is 7.20. The summed E-state index contributed by atoms with van der Waals surface area (Å²) in [5.41, 5.74) is 0.829. The molecule has 0 spiro atoms. The molecule has 0 aliphatic carbocycles. The predicted molar refractivity (Wildman–Crippen MR) is 82.0 cm³/mol. The van der Waals surface area contributed by atoms with Gasteiger partial charge in [-0.1, -0.05) is 0 Å². The molecule has 0 unspecified atom stereocenters. The first kappa shape index (κ1) is 15.1. The van der Waals surface area contributed by atoms with Crippen LogP contribution in [0.1, 0.15) is 6.92 Å². The molecule has 0 bridgehead atoms. The number of carbonyl (C=O) groups is 2. The molecule has 2 heterocycles. The first-order chi connectivity index (χ1) is 11.0. The van der Waals surface area contributed by atoms with E-state index in [1.165, 1.54) is 17.9 Å². The monoisotopic (exact) mass is 317 g/mol. The zero-order valence-corrected chi connectivity index (χ0v) is 12.5. The zero-order valence-electron chi connectivity index (χ0n) is 12.5. The van der Waals surface area contributed by atoms with Crippen LogP contribution in [0.15, 0.2) is 42.7 Å². The van der Waals surface area contributed by atoms with E-state index < -0.39 is 18.0 Å². The van der Waals surface area contributed by atoms with Gasteiger partial charge in [-0.2, -0.15) is 0 Å².